The SMILES string of the molecule is COC(=O)C1=C(C)N=c2sc(=Cc3ccc(C(C)C)cc3)c(=O)n2C1c1ccc(SC)cc1. The molecule has 0 saturated heterocycles. The first kappa shape index (κ1) is 23.3. The van der Waals surface area contributed by atoms with E-state index in [1.165, 1.54) is 24.0 Å². The number of nitrogens with zero attached hydrogens (tertiary/aromatic N) is 2. The van der Waals surface area contributed by atoms with Crippen molar-refractivity contribution in [1.29, 1.82) is 0 Å². The predicted molar refractivity (Wildman–Crippen MR) is 135 cm³/mol. The predicted octanol–water partition coefficient (Wildman–Crippen LogP) is 4.25. The molecule has 0 radical (unpaired) electrons. The number of hydrogen-bond acceptors (Lipinski definition) is 6. The van der Waals surface area contributed by atoms with E-state index in [4.69, 9.17) is 4.74 Å². The maximum Gasteiger partial charge on any atom is 0.338 e. The van der Waals surface area contributed by atoms with Crippen LogP contribution in [-0.2, 0) is 9.53 Å². The van der Waals surface area contributed by atoms with E-state index in [-0.39, 0.29) is 5.56 Å². The minimum absolute atomic E-state index is 0.167. The lowest BCUT2D eigenvalue weighted by Crippen LogP contribution is -2.39. The van der Waals surface area contributed by atoms with Crippen molar-refractivity contribution < 1.29 is 9.53 Å². The van der Waals surface area contributed by atoms with Crippen LogP contribution in [0.25, 0.3) is 6.08 Å². The summed E-state index contributed by atoms with van der Waals surface area (Å²) in [5.41, 5.74) is 3.83. The van der Waals surface area contributed by atoms with Gasteiger partial charge in [-0.1, -0.05) is 61.6 Å². The average molecular weight is 479 g/mol. The van der Waals surface area contributed by atoms with Crippen molar-refractivity contribution in [2.24, 2.45) is 4.99 Å². The van der Waals surface area contributed by atoms with Gasteiger partial charge in [-0.3, -0.25) is 9.36 Å². The third-order valence-electron chi connectivity index (χ3n) is 5.76. The van der Waals surface area contributed by atoms with Crippen molar-refractivity contribution in [3.05, 3.63) is 96.2 Å². The van der Waals surface area contributed by atoms with Crippen molar-refractivity contribution in [1.82, 2.24) is 4.57 Å². The summed E-state index contributed by atoms with van der Waals surface area (Å²) in [5.74, 6) is -0.0321. The molecule has 2 heterocycles. The third kappa shape index (κ3) is 4.48. The van der Waals surface area contributed by atoms with Gasteiger partial charge < -0.3 is 4.74 Å². The van der Waals surface area contributed by atoms with E-state index in [0.29, 0.717) is 26.5 Å². The van der Waals surface area contributed by atoms with Crippen LogP contribution in [-0.4, -0.2) is 23.9 Å². The summed E-state index contributed by atoms with van der Waals surface area (Å²) in [6.45, 7) is 6.09. The van der Waals surface area contributed by atoms with Gasteiger partial charge in [-0.15, -0.1) is 11.8 Å². The molecule has 3 aromatic rings. The van der Waals surface area contributed by atoms with Crippen LogP contribution in [0.3, 0.4) is 0 Å². The minimum Gasteiger partial charge on any atom is -0.466 e. The number of ether oxygens (including phenoxy) is 1. The zero-order chi connectivity index (χ0) is 23.7. The summed E-state index contributed by atoms with van der Waals surface area (Å²) >= 11 is 2.98. The number of methoxy groups -OCH3 is 1. The number of allylic oxidation sites excluding steroid dienone is 1. The second kappa shape index (κ2) is 9.53. The molecular formula is C26H26N2O3S2. The average Bonchev–Trinajstić information content (AvgIpc) is 3.12. The molecule has 5 nitrogen and oxygen atoms in total. The van der Waals surface area contributed by atoms with E-state index < -0.39 is 12.0 Å². The van der Waals surface area contributed by atoms with Crippen LogP contribution in [0.1, 0.15) is 49.4 Å². The highest BCUT2D eigenvalue weighted by atomic mass is 32.2. The van der Waals surface area contributed by atoms with E-state index >= 15 is 0 Å². The maximum atomic E-state index is 13.6. The van der Waals surface area contributed by atoms with Crippen molar-refractivity contribution in [3.63, 3.8) is 0 Å². The maximum absolute atomic E-state index is 13.6. The van der Waals surface area contributed by atoms with Gasteiger partial charge in [0, 0.05) is 4.90 Å². The van der Waals surface area contributed by atoms with E-state index in [9.17, 15) is 9.59 Å². The Labute approximate surface area is 201 Å². The second-order valence-corrected chi connectivity index (χ2v) is 10.1. The first-order valence-corrected chi connectivity index (χ1v) is 12.7. The number of hydrogen-bond donors (Lipinski definition) is 0. The van der Waals surface area contributed by atoms with Crippen molar-refractivity contribution in [3.8, 4) is 0 Å². The fourth-order valence-corrected chi connectivity index (χ4v) is 5.38. The van der Waals surface area contributed by atoms with Crippen LogP contribution in [0.15, 0.2) is 74.5 Å². The van der Waals surface area contributed by atoms with Crippen LogP contribution >= 0.6 is 23.1 Å². The Morgan fingerprint density at radius 2 is 1.82 bits per heavy atom. The number of aromatic nitrogens is 1. The largest absolute Gasteiger partial charge is 0.466 e. The Morgan fingerprint density at radius 1 is 1.15 bits per heavy atom. The van der Waals surface area contributed by atoms with Gasteiger partial charge in [0.2, 0.25) is 0 Å². The Bertz CT molecular complexity index is 1400. The highest BCUT2D eigenvalue weighted by Gasteiger charge is 2.33. The quantitative estimate of drug-likeness (QED) is 0.406. The van der Waals surface area contributed by atoms with Gasteiger partial charge in [0.1, 0.15) is 0 Å². The van der Waals surface area contributed by atoms with E-state index in [0.717, 1.165) is 16.0 Å². The molecule has 1 unspecified atom stereocenters. The number of carbonyl (C=O) groups is 1. The molecule has 0 saturated carbocycles. The molecule has 33 heavy (non-hydrogen) atoms. The summed E-state index contributed by atoms with van der Waals surface area (Å²) in [6, 6.07) is 15.5. The Kier molecular flexibility index (Phi) is 6.72. The monoisotopic (exact) mass is 478 g/mol. The number of thioether (sulfide) groups is 1. The summed E-state index contributed by atoms with van der Waals surface area (Å²) in [7, 11) is 1.35. The van der Waals surface area contributed by atoms with Crippen molar-refractivity contribution in [2.75, 3.05) is 13.4 Å². The number of esters is 1. The van der Waals surface area contributed by atoms with Gasteiger partial charge in [-0.25, -0.2) is 9.79 Å². The molecule has 1 atom stereocenters. The Balaban J connectivity index is 1.90. The number of fused-ring (bicyclic) bond motifs is 1. The molecule has 1 aromatic heterocycles. The minimum atomic E-state index is -0.588. The zero-order valence-corrected chi connectivity index (χ0v) is 20.9. The first-order valence-electron chi connectivity index (χ1n) is 10.7. The van der Waals surface area contributed by atoms with E-state index in [1.807, 2.05) is 48.7 Å². The standard InChI is InChI=1S/C26H26N2O3S2/c1-15(2)18-8-6-17(7-9-18)14-21-24(29)28-23(19-10-12-20(32-5)13-11-19)22(25(30)31-4)16(3)27-26(28)33-21/h6-15,23H,1-5H3. The lowest BCUT2D eigenvalue weighted by atomic mass is 9.96. The molecule has 0 N–H and O–H groups in total. The molecule has 4 rings (SSSR count). The summed E-state index contributed by atoms with van der Waals surface area (Å²) < 4.78 is 7.26. The molecule has 0 spiro atoms. The smallest absolute Gasteiger partial charge is 0.338 e. The molecule has 0 bridgehead atoms. The molecular weight excluding hydrogens is 452 g/mol. The van der Waals surface area contributed by atoms with Gasteiger partial charge in [-0.2, -0.15) is 0 Å². The van der Waals surface area contributed by atoms with E-state index in [1.54, 1.807) is 23.3 Å². The first-order chi connectivity index (χ1) is 15.8. The Hall–Kier alpha value is -2.90. The normalized spacial score (nSPS) is 16.1. The highest BCUT2D eigenvalue weighted by molar-refractivity contribution is 7.98. The number of benzene rings is 2. The fourth-order valence-electron chi connectivity index (χ4n) is 3.92. The van der Waals surface area contributed by atoms with Crippen LogP contribution in [0.4, 0.5) is 0 Å². The summed E-state index contributed by atoms with van der Waals surface area (Å²) in [6.07, 6.45) is 3.90. The Morgan fingerprint density at radius 3 is 2.39 bits per heavy atom. The van der Waals surface area contributed by atoms with Crippen LogP contribution in [0.5, 0.6) is 0 Å². The van der Waals surface area contributed by atoms with Gasteiger partial charge in [-0.05, 0) is 54.0 Å². The van der Waals surface area contributed by atoms with Gasteiger partial charge >= 0.3 is 5.97 Å². The molecule has 1 aliphatic heterocycles. The van der Waals surface area contributed by atoms with Crippen LogP contribution in [0, 0.1) is 0 Å². The van der Waals surface area contributed by atoms with Crippen molar-refractivity contribution >= 4 is 35.1 Å². The molecule has 170 valence electrons. The molecule has 2 aromatic carbocycles. The van der Waals surface area contributed by atoms with Gasteiger partial charge in [0.15, 0.2) is 4.80 Å². The molecule has 1 aliphatic rings. The van der Waals surface area contributed by atoms with Crippen LogP contribution < -0.4 is 14.9 Å². The molecule has 7 heteroatoms. The molecule has 0 fully saturated rings. The highest BCUT2D eigenvalue weighted by Crippen LogP contribution is 2.31. The molecule has 0 aliphatic carbocycles. The van der Waals surface area contributed by atoms with Crippen LogP contribution in [0.2, 0.25) is 0 Å². The zero-order valence-electron chi connectivity index (χ0n) is 19.3. The van der Waals surface area contributed by atoms with Gasteiger partial charge in [0.25, 0.3) is 5.56 Å². The topological polar surface area (TPSA) is 60.7 Å². The third-order valence-corrected chi connectivity index (χ3v) is 7.49. The second-order valence-electron chi connectivity index (χ2n) is 8.17. The summed E-state index contributed by atoms with van der Waals surface area (Å²) in [4.78, 5) is 32.6. The lowest BCUT2D eigenvalue weighted by Gasteiger charge is -2.24. The number of carbonyl (C=O) groups excluding carboxylic acids is 1. The number of rotatable bonds is 5. The fraction of sp³-hybridized carbons (Fsp3) is 0.269. The number of thiazole rings is 1. The lowest BCUT2D eigenvalue weighted by molar-refractivity contribution is -0.136. The molecule has 0 amide bonds. The van der Waals surface area contributed by atoms with Gasteiger partial charge in [0.05, 0.1) is 29.0 Å². The van der Waals surface area contributed by atoms with E-state index in [2.05, 4.69) is 31.0 Å². The van der Waals surface area contributed by atoms with Crippen molar-refractivity contribution in [2.45, 2.75) is 37.6 Å². The summed E-state index contributed by atoms with van der Waals surface area (Å²) in [5, 5.41) is 0.